The number of rotatable bonds is 5. The number of para-hydroxylation sites is 1. The van der Waals surface area contributed by atoms with Crippen molar-refractivity contribution in [3.63, 3.8) is 0 Å². The van der Waals surface area contributed by atoms with E-state index in [1.54, 1.807) is 0 Å². The summed E-state index contributed by atoms with van der Waals surface area (Å²) in [5.41, 5.74) is 6.82. The summed E-state index contributed by atoms with van der Waals surface area (Å²) >= 11 is 0. The van der Waals surface area contributed by atoms with Crippen molar-refractivity contribution in [3.05, 3.63) is 95.1 Å². The average molecular weight is 415 g/mol. The van der Waals surface area contributed by atoms with Crippen molar-refractivity contribution in [2.24, 2.45) is 0 Å². The molecule has 1 aliphatic heterocycles. The maximum atomic E-state index is 13.5. The number of nitrogens with one attached hydrogen (secondary N) is 2. The molecule has 0 unspecified atom stereocenters. The Bertz CT molecular complexity index is 1040. The molecular formula is C27H32N3O+. The minimum atomic E-state index is -0.222. The first-order chi connectivity index (χ1) is 15.0. The predicted octanol–water partition coefficient (Wildman–Crippen LogP) is 3.70. The Labute approximate surface area is 185 Å². The molecule has 1 amide bonds. The van der Waals surface area contributed by atoms with Gasteiger partial charge in [0.1, 0.15) is 0 Å². The Kier molecular flexibility index (Phi) is 6.38. The van der Waals surface area contributed by atoms with Crippen LogP contribution in [-0.2, 0) is 4.79 Å². The Morgan fingerprint density at radius 3 is 2.26 bits per heavy atom. The number of carbonyl (C=O) groups excluding carboxylic acids is 1. The molecule has 1 fully saturated rings. The third-order valence-corrected chi connectivity index (χ3v) is 6.32. The van der Waals surface area contributed by atoms with E-state index in [9.17, 15) is 4.79 Å². The van der Waals surface area contributed by atoms with Crippen LogP contribution in [0.3, 0.4) is 0 Å². The Hall–Kier alpha value is -3.11. The summed E-state index contributed by atoms with van der Waals surface area (Å²) < 4.78 is 0. The lowest BCUT2D eigenvalue weighted by Crippen LogP contribution is -3.16. The quantitative estimate of drug-likeness (QED) is 0.668. The fourth-order valence-corrected chi connectivity index (χ4v) is 4.54. The van der Waals surface area contributed by atoms with Crippen molar-refractivity contribution in [3.8, 4) is 0 Å². The summed E-state index contributed by atoms with van der Waals surface area (Å²) in [6.07, 6.45) is 0. The first-order valence-corrected chi connectivity index (χ1v) is 11.1. The number of amides is 1. The van der Waals surface area contributed by atoms with Gasteiger partial charge in [0.2, 0.25) is 0 Å². The molecule has 160 valence electrons. The topological polar surface area (TPSA) is 36.8 Å². The maximum absolute atomic E-state index is 13.5. The highest BCUT2D eigenvalue weighted by molar-refractivity contribution is 5.95. The highest BCUT2D eigenvalue weighted by atomic mass is 16.2. The number of benzene rings is 3. The van der Waals surface area contributed by atoms with E-state index >= 15 is 0 Å². The number of hydrogen-bond donors (Lipinski definition) is 2. The number of hydrogen-bond acceptors (Lipinski definition) is 2. The summed E-state index contributed by atoms with van der Waals surface area (Å²) in [6, 6.07) is 24.7. The fourth-order valence-electron chi connectivity index (χ4n) is 4.54. The summed E-state index contributed by atoms with van der Waals surface area (Å²) in [7, 11) is 0. The molecule has 31 heavy (non-hydrogen) atoms. The molecule has 0 bridgehead atoms. The van der Waals surface area contributed by atoms with Crippen molar-refractivity contribution in [1.82, 2.24) is 0 Å². The molecule has 3 aromatic rings. The Morgan fingerprint density at radius 1 is 0.871 bits per heavy atom. The molecule has 1 heterocycles. The molecule has 2 N–H and O–H groups in total. The largest absolute Gasteiger partial charge is 0.360 e. The first-order valence-electron chi connectivity index (χ1n) is 11.1. The van der Waals surface area contributed by atoms with E-state index in [2.05, 4.69) is 78.7 Å². The predicted molar refractivity (Wildman–Crippen MR) is 128 cm³/mol. The van der Waals surface area contributed by atoms with Crippen LogP contribution in [0.15, 0.2) is 72.8 Å². The van der Waals surface area contributed by atoms with Gasteiger partial charge in [0.05, 0.1) is 26.2 Å². The standard InChI is InChI=1S/C27H31N3O/c1-20-13-14-21(2)24(19-20)28-27(31)26(23-10-5-4-6-11-23)30-17-15-29(16-18-30)25-12-8-7-9-22(25)3/h4-14,19,26H,15-18H2,1-3H3,(H,28,31)/p+1/t26-/m0/s1. The molecule has 1 saturated heterocycles. The van der Waals surface area contributed by atoms with Crippen LogP contribution in [0.5, 0.6) is 0 Å². The highest BCUT2D eigenvalue weighted by Crippen LogP contribution is 2.21. The molecule has 1 aliphatic rings. The monoisotopic (exact) mass is 414 g/mol. The maximum Gasteiger partial charge on any atom is 0.287 e. The van der Waals surface area contributed by atoms with E-state index < -0.39 is 0 Å². The van der Waals surface area contributed by atoms with Crippen LogP contribution < -0.4 is 15.1 Å². The third kappa shape index (κ3) is 4.80. The van der Waals surface area contributed by atoms with Crippen molar-refractivity contribution >= 4 is 17.3 Å². The van der Waals surface area contributed by atoms with Gasteiger partial charge in [-0.05, 0) is 49.6 Å². The van der Waals surface area contributed by atoms with E-state index in [0.29, 0.717) is 0 Å². The van der Waals surface area contributed by atoms with Gasteiger partial charge in [0.25, 0.3) is 5.91 Å². The molecule has 0 aromatic heterocycles. The van der Waals surface area contributed by atoms with E-state index in [1.165, 1.54) is 16.2 Å². The lowest BCUT2D eigenvalue weighted by atomic mass is 10.0. The number of nitrogens with zero attached hydrogens (tertiary/aromatic N) is 1. The van der Waals surface area contributed by atoms with Gasteiger partial charge in [0, 0.05) is 16.9 Å². The number of quaternary nitrogens is 1. The minimum absolute atomic E-state index is 0.0687. The van der Waals surface area contributed by atoms with Crippen LogP contribution in [0.2, 0.25) is 0 Å². The summed E-state index contributed by atoms with van der Waals surface area (Å²) in [5, 5.41) is 3.23. The third-order valence-electron chi connectivity index (χ3n) is 6.32. The summed E-state index contributed by atoms with van der Waals surface area (Å²) in [6.45, 7) is 10.0. The average Bonchev–Trinajstić information content (AvgIpc) is 2.78. The number of carbonyl (C=O) groups is 1. The zero-order valence-electron chi connectivity index (χ0n) is 18.7. The molecule has 0 radical (unpaired) electrons. The van der Waals surface area contributed by atoms with Gasteiger partial charge in [-0.25, -0.2) is 0 Å². The molecule has 1 atom stereocenters. The number of anilines is 2. The summed E-state index contributed by atoms with van der Waals surface area (Å²) in [5.74, 6) is 0.0687. The van der Waals surface area contributed by atoms with E-state index in [0.717, 1.165) is 48.6 Å². The van der Waals surface area contributed by atoms with Gasteiger partial charge >= 0.3 is 0 Å². The van der Waals surface area contributed by atoms with Crippen LogP contribution >= 0.6 is 0 Å². The van der Waals surface area contributed by atoms with Crippen LogP contribution in [0.1, 0.15) is 28.3 Å². The molecule has 3 aromatic carbocycles. The second-order valence-electron chi connectivity index (χ2n) is 8.58. The van der Waals surface area contributed by atoms with E-state index in [4.69, 9.17) is 0 Å². The molecule has 4 heteroatoms. The summed E-state index contributed by atoms with van der Waals surface area (Å²) in [4.78, 5) is 17.3. The van der Waals surface area contributed by atoms with Gasteiger partial charge in [0.15, 0.2) is 6.04 Å². The zero-order valence-corrected chi connectivity index (χ0v) is 18.7. The van der Waals surface area contributed by atoms with Crippen LogP contribution in [-0.4, -0.2) is 32.1 Å². The normalized spacial score (nSPS) is 15.5. The van der Waals surface area contributed by atoms with Gasteiger partial charge in [-0.3, -0.25) is 4.79 Å². The van der Waals surface area contributed by atoms with E-state index in [-0.39, 0.29) is 11.9 Å². The fraction of sp³-hybridized carbons (Fsp3) is 0.296. The molecule has 4 rings (SSSR count). The van der Waals surface area contributed by atoms with Crippen LogP contribution in [0, 0.1) is 20.8 Å². The lowest BCUT2D eigenvalue weighted by Gasteiger charge is -2.37. The van der Waals surface area contributed by atoms with E-state index in [1.807, 2.05) is 25.1 Å². The second-order valence-corrected chi connectivity index (χ2v) is 8.58. The molecule has 0 saturated carbocycles. The Balaban J connectivity index is 1.54. The number of aryl methyl sites for hydroxylation is 3. The van der Waals surface area contributed by atoms with Crippen molar-refractivity contribution in [2.75, 3.05) is 36.4 Å². The van der Waals surface area contributed by atoms with Crippen LogP contribution in [0.25, 0.3) is 0 Å². The molecule has 0 aliphatic carbocycles. The molecular weight excluding hydrogens is 382 g/mol. The smallest absolute Gasteiger partial charge is 0.287 e. The lowest BCUT2D eigenvalue weighted by molar-refractivity contribution is -0.922. The van der Waals surface area contributed by atoms with Gasteiger partial charge in [-0.2, -0.15) is 0 Å². The van der Waals surface area contributed by atoms with Gasteiger partial charge in [-0.15, -0.1) is 0 Å². The molecule has 4 nitrogen and oxygen atoms in total. The number of piperazine rings is 1. The van der Waals surface area contributed by atoms with Crippen molar-refractivity contribution in [1.29, 1.82) is 0 Å². The van der Waals surface area contributed by atoms with Gasteiger partial charge < -0.3 is 15.1 Å². The zero-order chi connectivity index (χ0) is 21.8. The SMILES string of the molecule is Cc1ccc(C)c(NC(=O)[C@H](c2ccccc2)[NH+]2CCN(c3ccccc3C)CC2)c1. The Morgan fingerprint density at radius 2 is 1.55 bits per heavy atom. The molecule has 0 spiro atoms. The highest BCUT2D eigenvalue weighted by Gasteiger charge is 2.34. The minimum Gasteiger partial charge on any atom is -0.360 e. The van der Waals surface area contributed by atoms with Crippen molar-refractivity contribution in [2.45, 2.75) is 26.8 Å². The first kappa shape index (κ1) is 21.1. The second kappa shape index (κ2) is 9.36. The van der Waals surface area contributed by atoms with Crippen LogP contribution in [0.4, 0.5) is 11.4 Å². The van der Waals surface area contributed by atoms with Crippen molar-refractivity contribution < 1.29 is 9.69 Å². The van der Waals surface area contributed by atoms with Gasteiger partial charge in [-0.1, -0.05) is 60.7 Å².